The van der Waals surface area contributed by atoms with Crippen molar-refractivity contribution in [3.05, 3.63) is 53.2 Å². The minimum absolute atomic E-state index is 0.0683. The summed E-state index contributed by atoms with van der Waals surface area (Å²) in [5, 5.41) is 3.56. The van der Waals surface area contributed by atoms with Crippen molar-refractivity contribution in [3.8, 4) is 0 Å². The maximum Gasteiger partial charge on any atom is 0.377 e. The summed E-state index contributed by atoms with van der Waals surface area (Å²) in [7, 11) is 0. The van der Waals surface area contributed by atoms with Gasteiger partial charge in [-0.1, -0.05) is 5.16 Å². The summed E-state index contributed by atoms with van der Waals surface area (Å²) in [6.07, 6.45) is -1.00. The predicted molar refractivity (Wildman–Crippen MR) is 66.8 cm³/mol. The topological polar surface area (TPSA) is 69.4 Å². The highest BCUT2D eigenvalue weighted by molar-refractivity contribution is 6.01. The van der Waals surface area contributed by atoms with Crippen LogP contribution in [-0.4, -0.2) is 23.0 Å². The Morgan fingerprint density at radius 2 is 1.95 bits per heavy atom. The molecule has 0 saturated carbocycles. The standard InChI is InChI=1S/C14H12FNO4/c1-8-7-12(20-16-8)14(18)19-9(2)13(17)10-3-5-11(15)6-4-10/h3-7,9H,1-2H3. The van der Waals surface area contributed by atoms with E-state index >= 15 is 0 Å². The zero-order chi connectivity index (χ0) is 14.7. The van der Waals surface area contributed by atoms with E-state index in [0.717, 1.165) is 0 Å². The number of hydrogen-bond acceptors (Lipinski definition) is 5. The molecule has 1 heterocycles. The van der Waals surface area contributed by atoms with Gasteiger partial charge in [0.25, 0.3) is 0 Å². The van der Waals surface area contributed by atoms with Crippen LogP contribution in [0.4, 0.5) is 4.39 Å². The molecule has 1 aromatic heterocycles. The molecule has 0 fully saturated rings. The van der Waals surface area contributed by atoms with Gasteiger partial charge in [0.1, 0.15) is 5.82 Å². The van der Waals surface area contributed by atoms with Crippen molar-refractivity contribution in [1.29, 1.82) is 0 Å². The van der Waals surface area contributed by atoms with Gasteiger partial charge in [-0.05, 0) is 38.1 Å². The van der Waals surface area contributed by atoms with Crippen LogP contribution in [0.15, 0.2) is 34.9 Å². The molecule has 1 atom stereocenters. The van der Waals surface area contributed by atoms with Crippen LogP contribution in [-0.2, 0) is 4.74 Å². The van der Waals surface area contributed by atoms with Crippen LogP contribution < -0.4 is 0 Å². The molecule has 0 bridgehead atoms. The molecular weight excluding hydrogens is 265 g/mol. The lowest BCUT2D eigenvalue weighted by Gasteiger charge is -2.10. The Morgan fingerprint density at radius 3 is 2.50 bits per heavy atom. The monoisotopic (exact) mass is 277 g/mol. The number of carbonyl (C=O) groups excluding carboxylic acids is 2. The van der Waals surface area contributed by atoms with Gasteiger partial charge in [0.05, 0.1) is 5.69 Å². The maximum absolute atomic E-state index is 12.8. The first-order valence-corrected chi connectivity index (χ1v) is 5.91. The first kappa shape index (κ1) is 13.9. The summed E-state index contributed by atoms with van der Waals surface area (Å²) in [6.45, 7) is 3.10. The second kappa shape index (κ2) is 5.64. The average molecular weight is 277 g/mol. The second-order valence-corrected chi connectivity index (χ2v) is 4.25. The van der Waals surface area contributed by atoms with E-state index in [4.69, 9.17) is 9.26 Å². The van der Waals surface area contributed by atoms with E-state index in [1.165, 1.54) is 37.3 Å². The number of aryl methyl sites for hydroxylation is 1. The summed E-state index contributed by atoms with van der Waals surface area (Å²) < 4.78 is 22.5. The number of rotatable bonds is 4. The summed E-state index contributed by atoms with van der Waals surface area (Å²) >= 11 is 0. The Balaban J connectivity index is 2.04. The average Bonchev–Trinajstić information content (AvgIpc) is 2.85. The van der Waals surface area contributed by atoms with Crippen molar-refractivity contribution < 1.29 is 23.2 Å². The molecule has 0 saturated heterocycles. The number of esters is 1. The Labute approximate surface area is 114 Å². The largest absolute Gasteiger partial charge is 0.448 e. The van der Waals surface area contributed by atoms with Crippen molar-refractivity contribution in [3.63, 3.8) is 0 Å². The third kappa shape index (κ3) is 3.09. The van der Waals surface area contributed by atoms with Gasteiger partial charge in [0.15, 0.2) is 6.10 Å². The van der Waals surface area contributed by atoms with Crippen molar-refractivity contribution in [1.82, 2.24) is 5.16 Å². The minimum atomic E-state index is -1.00. The fourth-order valence-corrected chi connectivity index (χ4v) is 1.58. The van der Waals surface area contributed by atoms with E-state index in [1.54, 1.807) is 6.92 Å². The zero-order valence-corrected chi connectivity index (χ0v) is 10.9. The van der Waals surface area contributed by atoms with Crippen LogP contribution in [0.5, 0.6) is 0 Å². The first-order chi connectivity index (χ1) is 9.47. The van der Waals surface area contributed by atoms with Crippen LogP contribution in [0.3, 0.4) is 0 Å². The third-order valence-electron chi connectivity index (χ3n) is 2.61. The SMILES string of the molecule is Cc1cc(C(=O)OC(C)C(=O)c2ccc(F)cc2)on1. The van der Waals surface area contributed by atoms with Gasteiger partial charge < -0.3 is 9.26 Å². The number of ether oxygens (including phenoxy) is 1. The van der Waals surface area contributed by atoms with Crippen molar-refractivity contribution in [2.75, 3.05) is 0 Å². The Hall–Kier alpha value is -2.50. The number of ketones is 1. The van der Waals surface area contributed by atoms with Crippen molar-refractivity contribution in [2.45, 2.75) is 20.0 Å². The predicted octanol–water partition coefficient (Wildman–Crippen LogP) is 2.55. The molecule has 2 aromatic rings. The lowest BCUT2D eigenvalue weighted by Crippen LogP contribution is -2.24. The molecule has 5 nitrogen and oxygen atoms in total. The van der Waals surface area contributed by atoms with Gasteiger partial charge in [0, 0.05) is 11.6 Å². The third-order valence-corrected chi connectivity index (χ3v) is 2.61. The van der Waals surface area contributed by atoms with Crippen LogP contribution in [0, 0.1) is 12.7 Å². The van der Waals surface area contributed by atoms with E-state index in [9.17, 15) is 14.0 Å². The second-order valence-electron chi connectivity index (χ2n) is 4.25. The number of benzene rings is 1. The molecule has 0 spiro atoms. The summed E-state index contributed by atoms with van der Waals surface area (Å²) in [5.74, 6) is -1.70. The quantitative estimate of drug-likeness (QED) is 0.634. The van der Waals surface area contributed by atoms with Gasteiger partial charge in [-0.25, -0.2) is 9.18 Å². The highest BCUT2D eigenvalue weighted by Gasteiger charge is 2.22. The number of Topliss-reactive ketones (excluding diaryl/α,β-unsaturated/α-hetero) is 1. The molecule has 0 aliphatic carbocycles. The number of aromatic nitrogens is 1. The van der Waals surface area contributed by atoms with Crippen molar-refractivity contribution in [2.24, 2.45) is 0 Å². The molecule has 0 aliphatic heterocycles. The molecule has 20 heavy (non-hydrogen) atoms. The van der Waals surface area contributed by atoms with E-state index in [2.05, 4.69) is 5.16 Å². The van der Waals surface area contributed by atoms with E-state index in [1.807, 2.05) is 0 Å². The van der Waals surface area contributed by atoms with Crippen LogP contribution in [0.1, 0.15) is 33.5 Å². The van der Waals surface area contributed by atoms with E-state index in [-0.39, 0.29) is 11.3 Å². The highest BCUT2D eigenvalue weighted by Crippen LogP contribution is 2.11. The lowest BCUT2D eigenvalue weighted by atomic mass is 10.1. The molecule has 0 radical (unpaired) electrons. The lowest BCUT2D eigenvalue weighted by molar-refractivity contribution is 0.0281. The number of halogens is 1. The first-order valence-electron chi connectivity index (χ1n) is 5.91. The van der Waals surface area contributed by atoms with Crippen molar-refractivity contribution >= 4 is 11.8 Å². The smallest absolute Gasteiger partial charge is 0.377 e. The van der Waals surface area contributed by atoms with Gasteiger partial charge in [-0.15, -0.1) is 0 Å². The summed E-state index contributed by atoms with van der Waals surface area (Å²) in [5.41, 5.74) is 0.801. The van der Waals surface area contributed by atoms with Crippen LogP contribution >= 0.6 is 0 Å². The van der Waals surface area contributed by atoms with E-state index < -0.39 is 23.7 Å². The molecule has 6 heteroatoms. The fraction of sp³-hybridized carbons (Fsp3) is 0.214. The maximum atomic E-state index is 12.8. The van der Waals surface area contributed by atoms with Crippen LogP contribution in [0.2, 0.25) is 0 Å². The molecule has 1 unspecified atom stereocenters. The minimum Gasteiger partial charge on any atom is -0.448 e. The van der Waals surface area contributed by atoms with Gasteiger partial charge in [0.2, 0.25) is 11.5 Å². The van der Waals surface area contributed by atoms with Gasteiger partial charge >= 0.3 is 5.97 Å². The normalized spacial score (nSPS) is 11.9. The number of nitrogens with zero attached hydrogens (tertiary/aromatic N) is 1. The summed E-state index contributed by atoms with van der Waals surface area (Å²) in [4.78, 5) is 23.7. The number of hydrogen-bond donors (Lipinski definition) is 0. The highest BCUT2D eigenvalue weighted by atomic mass is 19.1. The van der Waals surface area contributed by atoms with Crippen LogP contribution in [0.25, 0.3) is 0 Å². The Kier molecular flexibility index (Phi) is 3.93. The molecule has 0 amide bonds. The summed E-state index contributed by atoms with van der Waals surface area (Å²) in [6, 6.07) is 6.42. The molecule has 0 aliphatic rings. The number of carbonyl (C=O) groups is 2. The molecule has 1 aromatic carbocycles. The molecule has 0 N–H and O–H groups in total. The van der Waals surface area contributed by atoms with Gasteiger partial charge in [-0.2, -0.15) is 0 Å². The van der Waals surface area contributed by atoms with Gasteiger partial charge in [-0.3, -0.25) is 4.79 Å². The zero-order valence-electron chi connectivity index (χ0n) is 10.9. The molecular formula is C14H12FNO4. The van der Waals surface area contributed by atoms with E-state index in [0.29, 0.717) is 5.69 Å². The Bertz CT molecular complexity index is 633. The molecule has 2 rings (SSSR count). The fourth-order valence-electron chi connectivity index (χ4n) is 1.58. The Morgan fingerprint density at radius 1 is 1.30 bits per heavy atom. The molecule has 104 valence electrons.